The second-order valence-corrected chi connectivity index (χ2v) is 3.18. The predicted octanol–water partition coefficient (Wildman–Crippen LogP) is -1.97. The summed E-state index contributed by atoms with van der Waals surface area (Å²) in [6, 6.07) is 0. The Morgan fingerprint density at radius 1 is 1.17 bits per heavy atom. The van der Waals surface area contributed by atoms with E-state index in [-0.39, 0.29) is 0 Å². The maximum atomic E-state index is 9.24. The molecule has 1 aliphatic heterocycles. The fourth-order valence-electron chi connectivity index (χ4n) is 1.06. The van der Waals surface area contributed by atoms with Crippen molar-refractivity contribution in [3.8, 4) is 0 Å². The summed E-state index contributed by atoms with van der Waals surface area (Å²) < 4.78 is 4.65. The average Bonchev–Trinajstić information content (AvgIpc) is 2.08. The van der Waals surface area contributed by atoms with Crippen molar-refractivity contribution >= 4 is 11.6 Å². The van der Waals surface area contributed by atoms with Gasteiger partial charge in [0, 0.05) is 0 Å². The molecule has 4 N–H and O–H groups in total. The number of rotatable bonds is 1. The lowest BCUT2D eigenvalue weighted by atomic mass is 10.0. The molecule has 0 amide bonds. The molecule has 0 aliphatic carbocycles. The second-order valence-electron chi connectivity index (χ2n) is 2.67. The smallest absolute Gasteiger partial charge is 0.182 e. The summed E-state index contributed by atoms with van der Waals surface area (Å²) in [5, 5.41) is 34.9. The first-order chi connectivity index (χ1) is 5.57. The standard InChI is InChI=1S/C6H11ClO5/c7-3-4(9)2(1-8)12-6(11)5(3)10/h2-6,8-11H,1H2/t2-,3-,4+,5+,6+/m0/s1. The molecular weight excluding hydrogens is 188 g/mol. The van der Waals surface area contributed by atoms with Crippen LogP contribution in [0.2, 0.25) is 0 Å². The number of aliphatic hydroxyl groups is 4. The quantitative estimate of drug-likeness (QED) is 0.367. The van der Waals surface area contributed by atoms with E-state index in [1.807, 2.05) is 0 Å². The van der Waals surface area contributed by atoms with Gasteiger partial charge in [-0.3, -0.25) is 0 Å². The number of ether oxygens (including phenoxy) is 1. The van der Waals surface area contributed by atoms with Gasteiger partial charge in [0.25, 0.3) is 0 Å². The molecule has 0 saturated carbocycles. The molecule has 1 rings (SSSR count). The van der Waals surface area contributed by atoms with E-state index in [2.05, 4.69) is 4.74 Å². The molecule has 0 unspecified atom stereocenters. The van der Waals surface area contributed by atoms with Crippen LogP contribution in [-0.4, -0.2) is 57.0 Å². The van der Waals surface area contributed by atoms with Crippen LogP contribution in [0.15, 0.2) is 0 Å². The highest BCUT2D eigenvalue weighted by molar-refractivity contribution is 6.21. The maximum Gasteiger partial charge on any atom is 0.182 e. The Morgan fingerprint density at radius 3 is 2.25 bits per heavy atom. The van der Waals surface area contributed by atoms with Gasteiger partial charge in [0.1, 0.15) is 18.3 Å². The van der Waals surface area contributed by atoms with Gasteiger partial charge in [-0.2, -0.15) is 0 Å². The van der Waals surface area contributed by atoms with Gasteiger partial charge >= 0.3 is 0 Å². The first-order valence-electron chi connectivity index (χ1n) is 3.52. The Hall–Kier alpha value is 0.0900. The molecular formula is C6H11ClO5. The summed E-state index contributed by atoms with van der Waals surface area (Å²) in [6.45, 7) is -0.450. The van der Waals surface area contributed by atoms with Crippen molar-refractivity contribution in [3.05, 3.63) is 0 Å². The molecule has 0 aromatic rings. The van der Waals surface area contributed by atoms with Crippen LogP contribution in [0.25, 0.3) is 0 Å². The topological polar surface area (TPSA) is 90.2 Å². The molecule has 1 heterocycles. The normalized spacial score (nSPS) is 49.2. The van der Waals surface area contributed by atoms with Gasteiger partial charge in [0.05, 0.1) is 12.0 Å². The summed E-state index contributed by atoms with van der Waals surface area (Å²) in [6.07, 6.45) is -4.89. The van der Waals surface area contributed by atoms with E-state index >= 15 is 0 Å². The molecule has 0 radical (unpaired) electrons. The zero-order chi connectivity index (χ0) is 9.30. The van der Waals surface area contributed by atoms with Crippen LogP contribution < -0.4 is 0 Å². The van der Waals surface area contributed by atoms with Crippen LogP contribution in [-0.2, 0) is 4.74 Å². The number of halogens is 1. The molecule has 5 atom stereocenters. The predicted molar refractivity (Wildman–Crippen MR) is 39.6 cm³/mol. The van der Waals surface area contributed by atoms with Crippen LogP contribution in [0.5, 0.6) is 0 Å². The summed E-state index contributed by atoms with van der Waals surface area (Å²) in [7, 11) is 0. The maximum absolute atomic E-state index is 9.24. The van der Waals surface area contributed by atoms with Crippen LogP contribution in [0.1, 0.15) is 0 Å². The number of aliphatic hydroxyl groups excluding tert-OH is 4. The average molecular weight is 199 g/mol. The minimum absolute atomic E-state index is 0.450. The van der Waals surface area contributed by atoms with E-state index in [4.69, 9.17) is 26.9 Å². The summed E-state index contributed by atoms with van der Waals surface area (Å²) >= 11 is 5.53. The first kappa shape index (κ1) is 10.2. The van der Waals surface area contributed by atoms with Gasteiger partial charge in [-0.1, -0.05) is 0 Å². The SMILES string of the molecule is OC[C@@H]1O[C@@H](O)[C@H](O)[C@@H](Cl)[C@@H]1O. The van der Waals surface area contributed by atoms with Gasteiger partial charge in [0.15, 0.2) is 6.29 Å². The molecule has 72 valence electrons. The third-order valence-electron chi connectivity index (χ3n) is 1.82. The largest absolute Gasteiger partial charge is 0.394 e. The molecule has 1 aliphatic rings. The van der Waals surface area contributed by atoms with E-state index < -0.39 is 36.6 Å². The van der Waals surface area contributed by atoms with Crippen molar-refractivity contribution in [1.29, 1.82) is 0 Å². The highest BCUT2D eigenvalue weighted by Gasteiger charge is 2.42. The number of alkyl halides is 1. The van der Waals surface area contributed by atoms with E-state index in [9.17, 15) is 5.11 Å². The summed E-state index contributed by atoms with van der Waals surface area (Å²) in [5.41, 5.74) is 0. The van der Waals surface area contributed by atoms with E-state index in [0.717, 1.165) is 0 Å². The molecule has 6 heteroatoms. The van der Waals surface area contributed by atoms with Crippen molar-refractivity contribution in [2.75, 3.05) is 6.61 Å². The fraction of sp³-hybridized carbons (Fsp3) is 1.00. The molecule has 0 aromatic heterocycles. The third-order valence-corrected chi connectivity index (χ3v) is 2.34. The lowest BCUT2D eigenvalue weighted by molar-refractivity contribution is -0.249. The van der Waals surface area contributed by atoms with Crippen molar-refractivity contribution in [3.63, 3.8) is 0 Å². The van der Waals surface area contributed by atoms with Crippen molar-refractivity contribution in [1.82, 2.24) is 0 Å². The Morgan fingerprint density at radius 2 is 1.75 bits per heavy atom. The summed E-state index contributed by atoms with van der Waals surface area (Å²) in [5.74, 6) is 0. The minimum atomic E-state index is -1.45. The van der Waals surface area contributed by atoms with Crippen LogP contribution in [0, 0.1) is 0 Å². The lowest BCUT2D eigenvalue weighted by Crippen LogP contribution is -2.56. The molecule has 12 heavy (non-hydrogen) atoms. The van der Waals surface area contributed by atoms with Gasteiger partial charge in [0.2, 0.25) is 0 Å². The van der Waals surface area contributed by atoms with Crippen LogP contribution in [0.4, 0.5) is 0 Å². The highest BCUT2D eigenvalue weighted by Crippen LogP contribution is 2.23. The summed E-state index contributed by atoms with van der Waals surface area (Å²) in [4.78, 5) is 0. The van der Waals surface area contributed by atoms with Gasteiger partial charge in [-0.15, -0.1) is 11.6 Å². The number of hydrogen-bond acceptors (Lipinski definition) is 5. The molecule has 1 saturated heterocycles. The van der Waals surface area contributed by atoms with Gasteiger partial charge in [-0.05, 0) is 0 Å². The monoisotopic (exact) mass is 198 g/mol. The Kier molecular flexibility index (Phi) is 3.28. The highest BCUT2D eigenvalue weighted by atomic mass is 35.5. The number of hydrogen-bond donors (Lipinski definition) is 4. The molecule has 5 nitrogen and oxygen atoms in total. The van der Waals surface area contributed by atoms with Gasteiger partial charge < -0.3 is 25.2 Å². The Labute approximate surface area is 74.2 Å². The van der Waals surface area contributed by atoms with Crippen molar-refractivity contribution < 1.29 is 25.2 Å². The second kappa shape index (κ2) is 3.87. The zero-order valence-electron chi connectivity index (χ0n) is 6.17. The van der Waals surface area contributed by atoms with E-state index in [0.29, 0.717) is 0 Å². The first-order valence-corrected chi connectivity index (χ1v) is 3.96. The lowest BCUT2D eigenvalue weighted by Gasteiger charge is -2.37. The van der Waals surface area contributed by atoms with Crippen molar-refractivity contribution in [2.24, 2.45) is 0 Å². The van der Waals surface area contributed by atoms with Gasteiger partial charge in [-0.25, -0.2) is 0 Å². The molecule has 0 spiro atoms. The van der Waals surface area contributed by atoms with Crippen molar-refractivity contribution in [2.45, 2.75) is 30.0 Å². The van der Waals surface area contributed by atoms with Crippen LogP contribution >= 0.6 is 11.6 Å². The Balaban J connectivity index is 2.63. The van der Waals surface area contributed by atoms with E-state index in [1.54, 1.807) is 0 Å². The molecule has 0 bridgehead atoms. The molecule has 0 aromatic carbocycles. The minimum Gasteiger partial charge on any atom is -0.394 e. The Bertz CT molecular complexity index is 150. The third kappa shape index (κ3) is 1.71. The molecule has 1 fully saturated rings. The van der Waals surface area contributed by atoms with E-state index in [1.165, 1.54) is 0 Å². The zero-order valence-corrected chi connectivity index (χ0v) is 6.92. The van der Waals surface area contributed by atoms with Crippen LogP contribution in [0.3, 0.4) is 0 Å². The fourth-order valence-corrected chi connectivity index (χ4v) is 1.34.